The maximum atomic E-state index is 12.0. The zero-order chi connectivity index (χ0) is 13.9. The number of benzene rings is 1. The Morgan fingerprint density at radius 1 is 1.33 bits per heavy atom. The van der Waals surface area contributed by atoms with E-state index in [1.165, 1.54) is 11.0 Å². The number of aromatic hydroxyl groups is 1. The third-order valence-electron chi connectivity index (χ3n) is 2.71. The standard InChI is InChI=1S/C13H18N2O3/c1-8-10(6-5-7-11(8)16)12(17)14-9(2)13(18)15(3)4/h5-7,9,16H,1-4H3,(H,14,17). The first kappa shape index (κ1) is 14.0. The molecule has 98 valence electrons. The molecule has 0 aliphatic heterocycles. The highest BCUT2D eigenvalue weighted by Gasteiger charge is 2.19. The van der Waals surface area contributed by atoms with E-state index in [1.807, 2.05) is 0 Å². The van der Waals surface area contributed by atoms with Crippen LogP contribution in [-0.2, 0) is 4.79 Å². The van der Waals surface area contributed by atoms with E-state index in [-0.39, 0.29) is 17.6 Å². The average Bonchev–Trinajstić information content (AvgIpc) is 2.31. The summed E-state index contributed by atoms with van der Waals surface area (Å²) in [5, 5.41) is 12.1. The van der Waals surface area contributed by atoms with Gasteiger partial charge >= 0.3 is 0 Å². The predicted octanol–water partition coefficient (Wildman–Crippen LogP) is 0.907. The molecule has 1 aromatic carbocycles. The summed E-state index contributed by atoms with van der Waals surface area (Å²) in [6.07, 6.45) is 0. The van der Waals surface area contributed by atoms with Crippen molar-refractivity contribution >= 4 is 11.8 Å². The van der Waals surface area contributed by atoms with Crippen molar-refractivity contribution in [1.82, 2.24) is 10.2 Å². The van der Waals surface area contributed by atoms with Crippen LogP contribution in [0.15, 0.2) is 18.2 Å². The zero-order valence-corrected chi connectivity index (χ0v) is 11.0. The fourth-order valence-corrected chi connectivity index (χ4v) is 1.59. The third-order valence-corrected chi connectivity index (χ3v) is 2.71. The summed E-state index contributed by atoms with van der Waals surface area (Å²) >= 11 is 0. The molecule has 5 nitrogen and oxygen atoms in total. The first-order valence-corrected chi connectivity index (χ1v) is 5.65. The van der Waals surface area contributed by atoms with E-state index in [4.69, 9.17) is 0 Å². The number of carbonyl (C=O) groups excluding carboxylic acids is 2. The molecule has 2 amide bonds. The van der Waals surface area contributed by atoms with E-state index < -0.39 is 6.04 Å². The van der Waals surface area contributed by atoms with Crippen molar-refractivity contribution in [2.45, 2.75) is 19.9 Å². The van der Waals surface area contributed by atoms with Crippen molar-refractivity contribution in [2.75, 3.05) is 14.1 Å². The fraction of sp³-hybridized carbons (Fsp3) is 0.385. The Balaban J connectivity index is 2.83. The van der Waals surface area contributed by atoms with Crippen LogP contribution in [0.1, 0.15) is 22.8 Å². The molecule has 0 spiro atoms. The maximum Gasteiger partial charge on any atom is 0.252 e. The molecule has 0 fully saturated rings. The van der Waals surface area contributed by atoms with Gasteiger partial charge in [-0.2, -0.15) is 0 Å². The monoisotopic (exact) mass is 250 g/mol. The summed E-state index contributed by atoms with van der Waals surface area (Å²) in [6, 6.07) is 4.11. The summed E-state index contributed by atoms with van der Waals surface area (Å²) in [6.45, 7) is 3.28. The molecule has 0 bridgehead atoms. The van der Waals surface area contributed by atoms with Gasteiger partial charge < -0.3 is 15.3 Å². The molecule has 1 atom stereocenters. The fourth-order valence-electron chi connectivity index (χ4n) is 1.59. The lowest BCUT2D eigenvalue weighted by molar-refractivity contribution is -0.130. The van der Waals surface area contributed by atoms with Crippen molar-refractivity contribution in [3.8, 4) is 5.75 Å². The molecule has 0 heterocycles. The van der Waals surface area contributed by atoms with Gasteiger partial charge in [-0.3, -0.25) is 9.59 Å². The molecule has 0 saturated heterocycles. The third kappa shape index (κ3) is 3.00. The lowest BCUT2D eigenvalue weighted by Gasteiger charge is -2.18. The molecular formula is C13H18N2O3. The lowest BCUT2D eigenvalue weighted by atomic mass is 10.1. The highest BCUT2D eigenvalue weighted by molar-refractivity contribution is 5.98. The summed E-state index contributed by atoms with van der Waals surface area (Å²) in [7, 11) is 3.26. The second kappa shape index (κ2) is 5.53. The second-order valence-corrected chi connectivity index (χ2v) is 4.38. The Kier molecular flexibility index (Phi) is 4.31. The molecule has 18 heavy (non-hydrogen) atoms. The largest absolute Gasteiger partial charge is 0.508 e. The molecular weight excluding hydrogens is 232 g/mol. The van der Waals surface area contributed by atoms with Crippen LogP contribution in [0.5, 0.6) is 5.75 Å². The summed E-state index contributed by atoms with van der Waals surface area (Å²) in [4.78, 5) is 25.0. The Bertz CT molecular complexity index is 469. The minimum absolute atomic E-state index is 0.0641. The van der Waals surface area contributed by atoms with Crippen LogP contribution in [0.2, 0.25) is 0 Å². The minimum atomic E-state index is -0.603. The molecule has 0 saturated carbocycles. The Hall–Kier alpha value is -2.04. The number of carbonyl (C=O) groups is 2. The normalized spacial score (nSPS) is 11.8. The summed E-state index contributed by atoms with van der Waals surface area (Å²) in [5.41, 5.74) is 0.868. The Labute approximate surface area is 106 Å². The van der Waals surface area contributed by atoms with Crippen LogP contribution in [0, 0.1) is 6.92 Å². The van der Waals surface area contributed by atoms with Gasteiger partial charge in [-0.1, -0.05) is 6.07 Å². The van der Waals surface area contributed by atoms with Crippen LogP contribution in [0.3, 0.4) is 0 Å². The Morgan fingerprint density at radius 2 is 1.94 bits per heavy atom. The van der Waals surface area contributed by atoms with Gasteiger partial charge in [0.2, 0.25) is 5.91 Å². The highest BCUT2D eigenvalue weighted by atomic mass is 16.3. The van der Waals surface area contributed by atoms with Crippen LogP contribution >= 0.6 is 0 Å². The van der Waals surface area contributed by atoms with Gasteiger partial charge in [0.15, 0.2) is 0 Å². The second-order valence-electron chi connectivity index (χ2n) is 4.38. The van der Waals surface area contributed by atoms with Crippen LogP contribution in [-0.4, -0.2) is 42.0 Å². The van der Waals surface area contributed by atoms with E-state index >= 15 is 0 Å². The van der Waals surface area contributed by atoms with Crippen LogP contribution in [0.4, 0.5) is 0 Å². The summed E-state index contributed by atoms with van der Waals surface area (Å²) in [5.74, 6) is -0.485. The quantitative estimate of drug-likeness (QED) is 0.837. The van der Waals surface area contributed by atoms with Gasteiger partial charge in [0, 0.05) is 25.2 Å². The molecule has 0 aliphatic rings. The van der Waals surface area contributed by atoms with E-state index in [2.05, 4.69) is 5.32 Å². The van der Waals surface area contributed by atoms with Crippen molar-refractivity contribution in [1.29, 1.82) is 0 Å². The average molecular weight is 250 g/mol. The van der Waals surface area contributed by atoms with Crippen molar-refractivity contribution in [3.63, 3.8) is 0 Å². The van der Waals surface area contributed by atoms with E-state index in [9.17, 15) is 14.7 Å². The molecule has 5 heteroatoms. The smallest absolute Gasteiger partial charge is 0.252 e. The number of amides is 2. The number of rotatable bonds is 3. The SMILES string of the molecule is Cc1c(O)cccc1C(=O)NC(C)C(=O)N(C)C. The molecule has 0 radical (unpaired) electrons. The molecule has 2 N–H and O–H groups in total. The topological polar surface area (TPSA) is 69.6 Å². The molecule has 0 aromatic heterocycles. The minimum Gasteiger partial charge on any atom is -0.508 e. The molecule has 1 unspecified atom stereocenters. The highest BCUT2D eigenvalue weighted by Crippen LogP contribution is 2.19. The number of hydrogen-bond acceptors (Lipinski definition) is 3. The zero-order valence-electron chi connectivity index (χ0n) is 11.0. The number of nitrogens with one attached hydrogen (secondary N) is 1. The molecule has 0 aliphatic carbocycles. The number of phenolic OH excluding ortho intramolecular Hbond substituents is 1. The molecule has 1 aromatic rings. The van der Waals surface area contributed by atoms with Gasteiger partial charge in [0.25, 0.3) is 5.91 Å². The van der Waals surface area contributed by atoms with E-state index in [0.717, 1.165) is 0 Å². The lowest BCUT2D eigenvalue weighted by Crippen LogP contribution is -2.44. The van der Waals surface area contributed by atoms with Gasteiger partial charge in [0.05, 0.1) is 0 Å². The number of hydrogen-bond donors (Lipinski definition) is 2. The van der Waals surface area contributed by atoms with Gasteiger partial charge in [-0.25, -0.2) is 0 Å². The number of nitrogens with zero attached hydrogens (tertiary/aromatic N) is 1. The van der Waals surface area contributed by atoms with Gasteiger partial charge in [-0.15, -0.1) is 0 Å². The number of likely N-dealkylation sites (N-methyl/N-ethyl adjacent to an activating group) is 1. The van der Waals surface area contributed by atoms with Crippen LogP contribution < -0.4 is 5.32 Å². The first-order chi connectivity index (χ1) is 8.34. The number of phenols is 1. The maximum absolute atomic E-state index is 12.0. The van der Waals surface area contributed by atoms with Gasteiger partial charge in [-0.05, 0) is 26.0 Å². The first-order valence-electron chi connectivity index (χ1n) is 5.65. The van der Waals surface area contributed by atoms with Gasteiger partial charge in [0.1, 0.15) is 11.8 Å². The Morgan fingerprint density at radius 3 is 2.50 bits per heavy atom. The van der Waals surface area contributed by atoms with Crippen molar-refractivity contribution in [3.05, 3.63) is 29.3 Å². The summed E-state index contributed by atoms with van der Waals surface area (Å²) < 4.78 is 0. The van der Waals surface area contributed by atoms with Crippen molar-refractivity contribution < 1.29 is 14.7 Å². The van der Waals surface area contributed by atoms with E-state index in [0.29, 0.717) is 11.1 Å². The van der Waals surface area contributed by atoms with Crippen molar-refractivity contribution in [2.24, 2.45) is 0 Å². The van der Waals surface area contributed by atoms with E-state index in [1.54, 1.807) is 40.1 Å². The molecule has 1 rings (SSSR count). The predicted molar refractivity (Wildman–Crippen MR) is 68.5 cm³/mol. The van der Waals surface area contributed by atoms with Crippen LogP contribution in [0.25, 0.3) is 0 Å².